The van der Waals surface area contributed by atoms with E-state index < -0.39 is 0 Å². The Morgan fingerprint density at radius 3 is 1.64 bits per heavy atom. The van der Waals surface area contributed by atoms with E-state index in [1.807, 2.05) is 12.1 Å². The number of benzene rings is 2. The zero-order chi connectivity index (χ0) is 20.7. The largest absolute Gasteiger partial charge is 0.426 e. The molecule has 28 heavy (non-hydrogen) atoms. The van der Waals surface area contributed by atoms with Crippen molar-refractivity contribution in [2.45, 2.75) is 40.0 Å². The number of carbonyl (C=O) groups is 2. The Bertz CT molecular complexity index is 846. The standard InChI is InChI=1S/C23H25NO4/c1-15(2)22(25)27-20-9-5-17(6-10-20)13-19(14-24)18-7-11-21(12-8-18)28-23(26)16(3)4/h5-12,15-16,19H,13H2,1-4H3. The maximum atomic E-state index is 11.7. The van der Waals surface area contributed by atoms with Crippen molar-refractivity contribution in [2.24, 2.45) is 11.8 Å². The number of rotatable bonds is 7. The van der Waals surface area contributed by atoms with Crippen molar-refractivity contribution in [1.29, 1.82) is 5.26 Å². The highest BCUT2D eigenvalue weighted by atomic mass is 16.5. The first kappa shape index (κ1) is 21.2. The molecule has 0 amide bonds. The summed E-state index contributed by atoms with van der Waals surface area (Å²) in [7, 11) is 0. The molecule has 0 aliphatic carbocycles. The highest BCUT2D eigenvalue weighted by Gasteiger charge is 2.14. The lowest BCUT2D eigenvalue weighted by atomic mass is 9.93. The van der Waals surface area contributed by atoms with E-state index in [2.05, 4.69) is 6.07 Å². The zero-order valence-electron chi connectivity index (χ0n) is 16.6. The van der Waals surface area contributed by atoms with Crippen LogP contribution in [-0.2, 0) is 16.0 Å². The van der Waals surface area contributed by atoms with Crippen molar-refractivity contribution < 1.29 is 19.1 Å². The molecular formula is C23H25NO4. The van der Waals surface area contributed by atoms with Crippen LogP contribution in [0.2, 0.25) is 0 Å². The van der Waals surface area contributed by atoms with E-state index in [4.69, 9.17) is 9.47 Å². The summed E-state index contributed by atoms with van der Waals surface area (Å²) in [6, 6.07) is 16.5. The molecule has 0 aliphatic rings. The SMILES string of the molecule is CC(C)C(=O)Oc1ccc(CC(C#N)c2ccc(OC(=O)C(C)C)cc2)cc1. The third-order valence-electron chi connectivity index (χ3n) is 4.18. The average molecular weight is 379 g/mol. The summed E-state index contributed by atoms with van der Waals surface area (Å²) in [6.07, 6.45) is 0.528. The van der Waals surface area contributed by atoms with E-state index in [0.29, 0.717) is 17.9 Å². The molecule has 2 aromatic rings. The first-order chi connectivity index (χ1) is 13.3. The third kappa shape index (κ3) is 5.95. The summed E-state index contributed by atoms with van der Waals surface area (Å²) in [5.74, 6) is -0.329. The van der Waals surface area contributed by atoms with Crippen LogP contribution in [0.4, 0.5) is 0 Å². The van der Waals surface area contributed by atoms with Crippen LogP contribution in [0.25, 0.3) is 0 Å². The Labute approximate surface area is 165 Å². The van der Waals surface area contributed by atoms with Gasteiger partial charge in [0.1, 0.15) is 11.5 Å². The van der Waals surface area contributed by atoms with Gasteiger partial charge in [0.25, 0.3) is 0 Å². The van der Waals surface area contributed by atoms with Gasteiger partial charge in [-0.2, -0.15) is 5.26 Å². The Morgan fingerprint density at radius 2 is 1.25 bits per heavy atom. The van der Waals surface area contributed by atoms with Crippen molar-refractivity contribution in [3.63, 3.8) is 0 Å². The minimum atomic E-state index is -0.334. The molecule has 0 fully saturated rings. The third-order valence-corrected chi connectivity index (χ3v) is 4.18. The van der Waals surface area contributed by atoms with E-state index in [1.165, 1.54) is 0 Å². The molecule has 5 nitrogen and oxygen atoms in total. The molecule has 0 aliphatic heterocycles. The first-order valence-electron chi connectivity index (χ1n) is 9.32. The molecule has 0 aromatic heterocycles. The Morgan fingerprint density at radius 1 is 0.821 bits per heavy atom. The molecule has 2 rings (SSSR count). The molecule has 0 radical (unpaired) electrons. The minimum absolute atomic E-state index is 0.189. The van der Waals surface area contributed by atoms with Gasteiger partial charge in [-0.1, -0.05) is 52.0 Å². The normalized spacial score (nSPS) is 11.8. The highest BCUT2D eigenvalue weighted by molar-refractivity contribution is 5.74. The van der Waals surface area contributed by atoms with Crippen molar-refractivity contribution >= 4 is 11.9 Å². The Hall–Kier alpha value is -3.13. The predicted octanol–water partition coefficient (Wildman–Crippen LogP) is 4.66. The fraction of sp³-hybridized carbons (Fsp3) is 0.348. The number of hydrogen-bond acceptors (Lipinski definition) is 5. The van der Waals surface area contributed by atoms with Gasteiger partial charge in [0.2, 0.25) is 0 Å². The van der Waals surface area contributed by atoms with E-state index in [0.717, 1.165) is 11.1 Å². The predicted molar refractivity (Wildman–Crippen MR) is 106 cm³/mol. The molecular weight excluding hydrogens is 354 g/mol. The lowest BCUT2D eigenvalue weighted by molar-refractivity contribution is -0.138. The topological polar surface area (TPSA) is 76.4 Å². The number of ether oxygens (including phenoxy) is 2. The maximum absolute atomic E-state index is 11.7. The van der Waals surface area contributed by atoms with Gasteiger partial charge in [0, 0.05) is 0 Å². The minimum Gasteiger partial charge on any atom is -0.426 e. The van der Waals surface area contributed by atoms with Crippen molar-refractivity contribution in [3.8, 4) is 17.6 Å². The van der Waals surface area contributed by atoms with E-state index in [9.17, 15) is 14.9 Å². The Balaban J connectivity index is 2.03. The van der Waals surface area contributed by atoms with E-state index in [-0.39, 0.29) is 29.7 Å². The first-order valence-corrected chi connectivity index (χ1v) is 9.32. The molecule has 0 saturated heterocycles. The molecule has 0 spiro atoms. The number of nitrogens with zero attached hydrogens (tertiary/aromatic N) is 1. The van der Waals surface area contributed by atoms with Gasteiger partial charge >= 0.3 is 11.9 Å². The van der Waals surface area contributed by atoms with Crippen molar-refractivity contribution in [3.05, 3.63) is 59.7 Å². The highest BCUT2D eigenvalue weighted by Crippen LogP contribution is 2.24. The van der Waals surface area contributed by atoms with Crippen molar-refractivity contribution in [1.82, 2.24) is 0 Å². The zero-order valence-corrected chi connectivity index (χ0v) is 16.6. The molecule has 1 atom stereocenters. The molecule has 0 heterocycles. The summed E-state index contributed by atoms with van der Waals surface area (Å²) >= 11 is 0. The molecule has 0 N–H and O–H groups in total. The Kier molecular flexibility index (Phi) is 7.34. The van der Waals surface area contributed by atoms with Gasteiger partial charge in [0.05, 0.1) is 23.8 Å². The lowest BCUT2D eigenvalue weighted by Gasteiger charge is -2.12. The van der Waals surface area contributed by atoms with Gasteiger partial charge in [-0.15, -0.1) is 0 Å². The molecule has 5 heteroatoms. The summed E-state index contributed by atoms with van der Waals surface area (Å²) in [5.41, 5.74) is 1.81. The number of nitriles is 1. The smallest absolute Gasteiger partial charge is 0.313 e. The molecule has 0 bridgehead atoms. The van der Waals surface area contributed by atoms with E-state index in [1.54, 1.807) is 64.1 Å². The molecule has 146 valence electrons. The molecule has 1 unspecified atom stereocenters. The second kappa shape index (κ2) is 9.70. The summed E-state index contributed by atoms with van der Waals surface area (Å²) in [4.78, 5) is 23.3. The van der Waals surface area contributed by atoms with Gasteiger partial charge in [-0.3, -0.25) is 9.59 Å². The quantitative estimate of drug-likeness (QED) is 0.516. The monoisotopic (exact) mass is 379 g/mol. The van der Waals surface area contributed by atoms with Crippen LogP contribution < -0.4 is 9.47 Å². The van der Waals surface area contributed by atoms with Crippen LogP contribution in [0.5, 0.6) is 11.5 Å². The van der Waals surface area contributed by atoms with Crippen LogP contribution in [-0.4, -0.2) is 11.9 Å². The lowest BCUT2D eigenvalue weighted by Crippen LogP contribution is -2.14. The number of carbonyl (C=O) groups excluding carboxylic acids is 2. The summed E-state index contributed by atoms with van der Waals surface area (Å²) in [5, 5.41) is 9.56. The van der Waals surface area contributed by atoms with Gasteiger partial charge in [-0.05, 0) is 41.8 Å². The average Bonchev–Trinajstić information content (AvgIpc) is 2.68. The maximum Gasteiger partial charge on any atom is 0.313 e. The van der Waals surface area contributed by atoms with Crippen LogP contribution in [0.3, 0.4) is 0 Å². The second-order valence-electron chi connectivity index (χ2n) is 7.25. The fourth-order valence-corrected chi connectivity index (χ4v) is 2.40. The van der Waals surface area contributed by atoms with Crippen LogP contribution in [0, 0.1) is 23.2 Å². The molecule has 0 saturated carbocycles. The van der Waals surface area contributed by atoms with Crippen LogP contribution >= 0.6 is 0 Å². The van der Waals surface area contributed by atoms with Gasteiger partial charge < -0.3 is 9.47 Å². The second-order valence-corrected chi connectivity index (χ2v) is 7.25. The van der Waals surface area contributed by atoms with Gasteiger partial charge in [-0.25, -0.2) is 0 Å². The molecule has 2 aromatic carbocycles. The van der Waals surface area contributed by atoms with Crippen LogP contribution in [0.1, 0.15) is 44.7 Å². The number of hydrogen-bond donors (Lipinski definition) is 0. The van der Waals surface area contributed by atoms with Gasteiger partial charge in [0.15, 0.2) is 0 Å². The van der Waals surface area contributed by atoms with Crippen LogP contribution in [0.15, 0.2) is 48.5 Å². The summed E-state index contributed by atoms with van der Waals surface area (Å²) < 4.78 is 10.5. The summed E-state index contributed by atoms with van der Waals surface area (Å²) in [6.45, 7) is 7.11. The van der Waals surface area contributed by atoms with Crippen molar-refractivity contribution in [2.75, 3.05) is 0 Å². The number of esters is 2. The fourth-order valence-electron chi connectivity index (χ4n) is 2.40. The van der Waals surface area contributed by atoms with E-state index >= 15 is 0 Å².